The monoisotopic (exact) mass is 199 g/mol. The van der Waals surface area contributed by atoms with Crippen molar-refractivity contribution in [3.05, 3.63) is 36.5 Å². The summed E-state index contributed by atoms with van der Waals surface area (Å²) in [5.74, 6) is 0. The van der Waals surface area contributed by atoms with E-state index in [2.05, 4.69) is 21.1 Å². The Morgan fingerprint density at radius 1 is 1.69 bits per heavy atom. The van der Waals surface area contributed by atoms with Gasteiger partial charge in [0.05, 0.1) is 6.61 Å². The molecule has 0 aliphatic heterocycles. The molecule has 3 heteroatoms. The number of rotatable bonds is 6. The van der Waals surface area contributed by atoms with Gasteiger partial charge in [-0.2, -0.15) is 0 Å². The molecule has 0 spiro atoms. The van der Waals surface area contributed by atoms with Crippen molar-refractivity contribution in [3.8, 4) is 0 Å². The number of hydrogen-bond donors (Lipinski definition) is 2. The van der Waals surface area contributed by atoms with Gasteiger partial charge in [0.25, 0.3) is 0 Å². The Morgan fingerprint density at radius 2 is 2.38 bits per heavy atom. The minimum absolute atomic E-state index is 0.0829. The lowest BCUT2D eigenvalue weighted by atomic mass is 10.1. The highest BCUT2D eigenvalue weighted by atomic mass is 31.0. The number of nitrogens with one attached hydrogen (secondary N) is 1. The van der Waals surface area contributed by atoms with Crippen molar-refractivity contribution in [2.45, 2.75) is 19.4 Å². The molecule has 0 aliphatic carbocycles. The summed E-state index contributed by atoms with van der Waals surface area (Å²) in [6, 6.07) is 0.0829. The van der Waals surface area contributed by atoms with Crippen LogP contribution in [0.25, 0.3) is 0 Å². The van der Waals surface area contributed by atoms with Gasteiger partial charge in [0.2, 0.25) is 0 Å². The molecule has 74 valence electrons. The Kier molecular flexibility index (Phi) is 7.91. The maximum atomic E-state index is 8.94. The summed E-state index contributed by atoms with van der Waals surface area (Å²) in [6.07, 6.45) is 8.52. The Labute approximate surface area is 82.7 Å². The van der Waals surface area contributed by atoms with Gasteiger partial charge >= 0.3 is 0 Å². The predicted octanol–water partition coefficient (Wildman–Crippen LogP) is 1.81. The third kappa shape index (κ3) is 5.75. The van der Waals surface area contributed by atoms with Crippen molar-refractivity contribution in [3.63, 3.8) is 0 Å². The molecule has 2 atom stereocenters. The Morgan fingerprint density at radius 3 is 2.77 bits per heavy atom. The second kappa shape index (κ2) is 8.18. The van der Waals surface area contributed by atoms with E-state index in [1.165, 1.54) is 0 Å². The Bertz CT molecular complexity index is 195. The molecule has 0 aromatic rings. The van der Waals surface area contributed by atoms with Gasteiger partial charge in [-0.3, -0.25) is 5.09 Å². The van der Waals surface area contributed by atoms with Crippen LogP contribution in [-0.4, -0.2) is 17.8 Å². The molecular weight excluding hydrogens is 181 g/mol. The lowest BCUT2D eigenvalue weighted by molar-refractivity contribution is 0.259. The topological polar surface area (TPSA) is 32.3 Å². The fourth-order valence-electron chi connectivity index (χ4n) is 0.900. The van der Waals surface area contributed by atoms with Gasteiger partial charge in [-0.1, -0.05) is 40.3 Å². The molecule has 0 saturated carbocycles. The molecule has 2 unspecified atom stereocenters. The zero-order valence-corrected chi connectivity index (χ0v) is 9.19. The van der Waals surface area contributed by atoms with E-state index in [4.69, 9.17) is 5.11 Å². The van der Waals surface area contributed by atoms with Crippen LogP contribution in [0.3, 0.4) is 0 Å². The average Bonchev–Trinajstić information content (AvgIpc) is 2.19. The summed E-state index contributed by atoms with van der Waals surface area (Å²) in [6.45, 7) is 5.81. The van der Waals surface area contributed by atoms with Crippen LogP contribution < -0.4 is 5.09 Å². The van der Waals surface area contributed by atoms with E-state index in [1.807, 2.05) is 31.2 Å². The van der Waals surface area contributed by atoms with Crippen LogP contribution in [-0.2, 0) is 0 Å². The lowest BCUT2D eigenvalue weighted by Gasteiger charge is -2.12. The van der Waals surface area contributed by atoms with E-state index in [1.54, 1.807) is 0 Å². The molecule has 0 aliphatic rings. The van der Waals surface area contributed by atoms with Gasteiger partial charge in [-0.05, 0) is 18.9 Å². The van der Waals surface area contributed by atoms with Crippen molar-refractivity contribution in [1.82, 2.24) is 5.09 Å². The predicted molar refractivity (Wildman–Crippen MR) is 61.4 cm³/mol. The second-order valence-corrected chi connectivity index (χ2v) is 3.06. The largest absolute Gasteiger partial charge is 0.395 e. The fraction of sp³-hybridized carbons (Fsp3) is 0.400. The highest BCUT2D eigenvalue weighted by Crippen LogP contribution is 2.07. The van der Waals surface area contributed by atoms with Gasteiger partial charge in [0, 0.05) is 6.04 Å². The van der Waals surface area contributed by atoms with Crippen LogP contribution >= 0.6 is 9.39 Å². The third-order valence-electron chi connectivity index (χ3n) is 1.70. The third-order valence-corrected chi connectivity index (χ3v) is 2.17. The smallest absolute Gasteiger partial charge is 0.0590 e. The van der Waals surface area contributed by atoms with Crippen molar-refractivity contribution in [1.29, 1.82) is 0 Å². The minimum atomic E-state index is 0.0829. The van der Waals surface area contributed by atoms with E-state index in [0.717, 1.165) is 12.0 Å². The van der Waals surface area contributed by atoms with Crippen molar-refractivity contribution in [2.24, 2.45) is 0 Å². The van der Waals surface area contributed by atoms with E-state index in [-0.39, 0.29) is 12.6 Å². The van der Waals surface area contributed by atoms with Gasteiger partial charge in [-0.15, -0.1) is 0 Å². The van der Waals surface area contributed by atoms with Gasteiger partial charge in [-0.25, -0.2) is 0 Å². The van der Waals surface area contributed by atoms with Crippen LogP contribution in [0.1, 0.15) is 13.3 Å². The molecule has 0 aromatic carbocycles. The molecule has 0 amide bonds. The van der Waals surface area contributed by atoms with Crippen LogP contribution in [0.15, 0.2) is 36.5 Å². The molecule has 0 heterocycles. The molecule has 0 fully saturated rings. The summed E-state index contributed by atoms with van der Waals surface area (Å²) in [4.78, 5) is 0. The number of aliphatic hydroxyl groups excluding tert-OH is 1. The van der Waals surface area contributed by atoms with E-state index < -0.39 is 0 Å². The molecule has 13 heavy (non-hydrogen) atoms. The van der Waals surface area contributed by atoms with Gasteiger partial charge in [0.15, 0.2) is 0 Å². The maximum absolute atomic E-state index is 8.94. The number of aliphatic hydroxyl groups is 1. The van der Waals surface area contributed by atoms with Crippen molar-refractivity contribution < 1.29 is 5.11 Å². The summed E-state index contributed by atoms with van der Waals surface area (Å²) in [7, 11) is 2.41. The van der Waals surface area contributed by atoms with Crippen LogP contribution in [0, 0.1) is 0 Å². The normalized spacial score (nSPS) is 14.8. The molecule has 2 N–H and O–H groups in total. The summed E-state index contributed by atoms with van der Waals surface area (Å²) >= 11 is 0. The molecule has 2 nitrogen and oxygen atoms in total. The van der Waals surface area contributed by atoms with Crippen LogP contribution in [0.2, 0.25) is 0 Å². The van der Waals surface area contributed by atoms with Crippen LogP contribution in [0.5, 0.6) is 0 Å². The minimum Gasteiger partial charge on any atom is -0.395 e. The summed E-state index contributed by atoms with van der Waals surface area (Å²) in [5, 5.41) is 11.9. The van der Waals surface area contributed by atoms with E-state index >= 15 is 0 Å². The molecular formula is C10H18NOP. The molecule has 0 rings (SSSR count). The van der Waals surface area contributed by atoms with Gasteiger partial charge in [0.1, 0.15) is 0 Å². The molecule has 0 aromatic heterocycles. The second-order valence-electron chi connectivity index (χ2n) is 2.72. The Balaban J connectivity index is 4.17. The van der Waals surface area contributed by atoms with Crippen molar-refractivity contribution >= 4 is 9.39 Å². The molecule has 0 bridgehead atoms. The number of hydrogen-bond acceptors (Lipinski definition) is 2. The first kappa shape index (κ1) is 12.6. The summed E-state index contributed by atoms with van der Waals surface area (Å²) < 4.78 is 0. The number of allylic oxidation sites excluding steroid dienone is 4. The first-order chi connectivity index (χ1) is 6.28. The first-order valence-electron chi connectivity index (χ1n) is 4.29. The SMILES string of the molecule is C=C/C(=C\C=C/C)CC(CO)NP. The summed E-state index contributed by atoms with van der Waals surface area (Å²) in [5.41, 5.74) is 1.12. The van der Waals surface area contributed by atoms with Crippen molar-refractivity contribution in [2.75, 3.05) is 6.61 Å². The maximum Gasteiger partial charge on any atom is 0.0590 e. The van der Waals surface area contributed by atoms with Crippen LogP contribution in [0.4, 0.5) is 0 Å². The van der Waals surface area contributed by atoms with Gasteiger partial charge < -0.3 is 5.11 Å². The van der Waals surface area contributed by atoms with E-state index in [0.29, 0.717) is 0 Å². The standard InChI is InChI=1S/C10H18NOP/c1-3-5-6-9(4-2)7-10(8-12)11-13/h3-6,10-12H,2,7-8,13H2,1H3/b5-3-,9-6+. The fourth-order valence-corrected chi connectivity index (χ4v) is 1.12. The van der Waals surface area contributed by atoms with E-state index in [9.17, 15) is 0 Å². The highest BCUT2D eigenvalue weighted by Gasteiger charge is 2.04. The zero-order chi connectivity index (χ0) is 10.1. The highest BCUT2D eigenvalue weighted by molar-refractivity contribution is 7.13. The molecule has 0 saturated heterocycles. The Hall–Kier alpha value is -0.430. The first-order valence-corrected chi connectivity index (χ1v) is 4.87. The lowest BCUT2D eigenvalue weighted by Crippen LogP contribution is -2.24. The molecule has 0 radical (unpaired) electrons. The zero-order valence-electron chi connectivity index (χ0n) is 8.03. The average molecular weight is 199 g/mol. The quantitative estimate of drug-likeness (QED) is 0.505.